The molecule has 0 saturated carbocycles. The smallest absolute Gasteiger partial charge is 0.269 e. The number of amides is 1. The van der Waals surface area contributed by atoms with E-state index in [-0.39, 0.29) is 11.6 Å². The standard InChI is InChI=1S/C17H12N2O3/c20-17(18-13-8-10-14(11-9-13)19(21)22)16-7-3-5-12-4-1-2-6-15(12)16/h1-11H,(H,18,20). The predicted molar refractivity (Wildman–Crippen MR) is 85.0 cm³/mol. The maximum absolute atomic E-state index is 12.4. The van der Waals surface area contributed by atoms with E-state index in [0.29, 0.717) is 11.3 Å². The predicted octanol–water partition coefficient (Wildman–Crippen LogP) is 4.00. The van der Waals surface area contributed by atoms with Crippen molar-refractivity contribution in [3.05, 3.63) is 82.4 Å². The van der Waals surface area contributed by atoms with Crippen LogP contribution in [0.1, 0.15) is 10.4 Å². The largest absolute Gasteiger partial charge is 0.322 e. The Balaban J connectivity index is 1.89. The van der Waals surface area contributed by atoms with E-state index in [1.807, 2.05) is 36.4 Å². The second-order valence-corrected chi connectivity index (χ2v) is 4.78. The van der Waals surface area contributed by atoms with Gasteiger partial charge in [0.15, 0.2) is 0 Å². The van der Waals surface area contributed by atoms with Crippen LogP contribution in [0, 0.1) is 10.1 Å². The fourth-order valence-corrected chi connectivity index (χ4v) is 2.29. The van der Waals surface area contributed by atoms with Crippen LogP contribution in [-0.2, 0) is 0 Å². The Morgan fingerprint density at radius 1 is 0.909 bits per heavy atom. The van der Waals surface area contributed by atoms with Gasteiger partial charge >= 0.3 is 0 Å². The van der Waals surface area contributed by atoms with Gasteiger partial charge in [-0.15, -0.1) is 0 Å². The minimum Gasteiger partial charge on any atom is -0.322 e. The van der Waals surface area contributed by atoms with Crippen LogP contribution in [0.15, 0.2) is 66.7 Å². The van der Waals surface area contributed by atoms with Crippen molar-refractivity contribution in [1.29, 1.82) is 0 Å². The molecule has 108 valence electrons. The van der Waals surface area contributed by atoms with Gasteiger partial charge in [-0.2, -0.15) is 0 Å². The number of hydrogen-bond donors (Lipinski definition) is 1. The lowest BCUT2D eigenvalue weighted by Crippen LogP contribution is -2.12. The molecule has 5 heteroatoms. The number of nitrogens with one attached hydrogen (secondary N) is 1. The molecular weight excluding hydrogens is 280 g/mol. The van der Waals surface area contributed by atoms with E-state index >= 15 is 0 Å². The molecule has 1 N–H and O–H groups in total. The van der Waals surface area contributed by atoms with Gasteiger partial charge in [0.05, 0.1) is 4.92 Å². The number of anilines is 1. The number of carbonyl (C=O) groups is 1. The highest BCUT2D eigenvalue weighted by molar-refractivity contribution is 6.12. The Morgan fingerprint density at radius 2 is 1.59 bits per heavy atom. The van der Waals surface area contributed by atoms with Crippen LogP contribution in [0.3, 0.4) is 0 Å². The first kappa shape index (κ1) is 13.8. The minimum absolute atomic E-state index is 0.0110. The summed E-state index contributed by atoms with van der Waals surface area (Å²) in [5.74, 6) is -0.245. The number of non-ortho nitro benzene ring substituents is 1. The third kappa shape index (κ3) is 2.64. The maximum atomic E-state index is 12.4. The van der Waals surface area contributed by atoms with Crippen molar-refractivity contribution >= 4 is 28.1 Å². The molecule has 3 aromatic rings. The van der Waals surface area contributed by atoms with E-state index in [1.165, 1.54) is 24.3 Å². The molecule has 0 atom stereocenters. The molecule has 0 aliphatic carbocycles. The van der Waals surface area contributed by atoms with E-state index in [1.54, 1.807) is 6.07 Å². The number of nitro groups is 1. The van der Waals surface area contributed by atoms with Gasteiger partial charge in [-0.3, -0.25) is 14.9 Å². The SMILES string of the molecule is O=C(Nc1ccc([N+](=O)[O-])cc1)c1cccc2ccccc12. The highest BCUT2D eigenvalue weighted by atomic mass is 16.6. The minimum atomic E-state index is -0.476. The summed E-state index contributed by atoms with van der Waals surface area (Å²) in [6, 6.07) is 18.9. The summed E-state index contributed by atoms with van der Waals surface area (Å²) in [7, 11) is 0. The van der Waals surface area contributed by atoms with E-state index in [4.69, 9.17) is 0 Å². The topological polar surface area (TPSA) is 72.2 Å². The van der Waals surface area contributed by atoms with Crippen molar-refractivity contribution in [1.82, 2.24) is 0 Å². The first-order chi connectivity index (χ1) is 10.6. The van der Waals surface area contributed by atoms with Crippen molar-refractivity contribution in [2.24, 2.45) is 0 Å². The number of nitro benzene ring substituents is 1. The van der Waals surface area contributed by atoms with Crippen LogP contribution in [0.4, 0.5) is 11.4 Å². The molecule has 0 spiro atoms. The quantitative estimate of drug-likeness (QED) is 0.585. The van der Waals surface area contributed by atoms with Gasteiger partial charge in [-0.1, -0.05) is 36.4 Å². The normalized spacial score (nSPS) is 10.4. The van der Waals surface area contributed by atoms with Crippen molar-refractivity contribution < 1.29 is 9.72 Å². The second-order valence-electron chi connectivity index (χ2n) is 4.78. The molecule has 0 bridgehead atoms. The molecule has 3 rings (SSSR count). The lowest BCUT2D eigenvalue weighted by Gasteiger charge is -2.08. The lowest BCUT2D eigenvalue weighted by molar-refractivity contribution is -0.384. The molecule has 5 nitrogen and oxygen atoms in total. The summed E-state index contributed by atoms with van der Waals surface area (Å²) in [5.41, 5.74) is 1.07. The van der Waals surface area contributed by atoms with Crippen LogP contribution in [0.2, 0.25) is 0 Å². The molecule has 0 radical (unpaired) electrons. The fraction of sp³-hybridized carbons (Fsp3) is 0. The van der Waals surface area contributed by atoms with Gasteiger partial charge in [0, 0.05) is 23.4 Å². The Kier molecular flexibility index (Phi) is 3.53. The second kappa shape index (κ2) is 5.65. The zero-order chi connectivity index (χ0) is 15.5. The summed E-state index contributed by atoms with van der Waals surface area (Å²) < 4.78 is 0. The van der Waals surface area contributed by atoms with E-state index in [2.05, 4.69) is 5.32 Å². The molecule has 1 amide bonds. The molecule has 0 aliphatic rings. The van der Waals surface area contributed by atoms with Crippen molar-refractivity contribution in [3.63, 3.8) is 0 Å². The first-order valence-corrected chi connectivity index (χ1v) is 6.69. The molecule has 22 heavy (non-hydrogen) atoms. The summed E-state index contributed by atoms with van der Waals surface area (Å²) in [6.07, 6.45) is 0. The van der Waals surface area contributed by atoms with E-state index in [9.17, 15) is 14.9 Å². The zero-order valence-corrected chi connectivity index (χ0v) is 11.5. The monoisotopic (exact) mass is 292 g/mol. The molecule has 0 aromatic heterocycles. The highest BCUT2D eigenvalue weighted by Crippen LogP contribution is 2.21. The van der Waals surface area contributed by atoms with Crippen LogP contribution < -0.4 is 5.32 Å². The highest BCUT2D eigenvalue weighted by Gasteiger charge is 2.11. The fourth-order valence-electron chi connectivity index (χ4n) is 2.29. The number of fused-ring (bicyclic) bond motifs is 1. The summed E-state index contributed by atoms with van der Waals surface area (Å²) in [4.78, 5) is 22.5. The van der Waals surface area contributed by atoms with Crippen LogP contribution in [0.25, 0.3) is 10.8 Å². The van der Waals surface area contributed by atoms with Gasteiger partial charge in [0.2, 0.25) is 0 Å². The molecule has 0 fully saturated rings. The number of hydrogen-bond acceptors (Lipinski definition) is 3. The Bertz CT molecular complexity index is 852. The number of benzene rings is 3. The number of rotatable bonds is 3. The van der Waals surface area contributed by atoms with Gasteiger partial charge < -0.3 is 5.32 Å². The number of nitrogens with zero attached hydrogens (tertiary/aromatic N) is 1. The van der Waals surface area contributed by atoms with Gasteiger partial charge in [0.25, 0.3) is 11.6 Å². The lowest BCUT2D eigenvalue weighted by atomic mass is 10.0. The average Bonchev–Trinajstić information content (AvgIpc) is 2.54. The average molecular weight is 292 g/mol. The Labute approximate surface area is 126 Å². The molecule has 0 aliphatic heterocycles. The van der Waals surface area contributed by atoms with Crippen molar-refractivity contribution in [2.75, 3.05) is 5.32 Å². The molecule has 3 aromatic carbocycles. The Hall–Kier alpha value is -3.21. The van der Waals surface area contributed by atoms with Gasteiger partial charge in [-0.25, -0.2) is 0 Å². The molecule has 0 saturated heterocycles. The van der Waals surface area contributed by atoms with E-state index < -0.39 is 4.92 Å². The third-order valence-electron chi connectivity index (χ3n) is 3.37. The third-order valence-corrected chi connectivity index (χ3v) is 3.37. The Morgan fingerprint density at radius 3 is 2.32 bits per heavy atom. The van der Waals surface area contributed by atoms with Crippen molar-refractivity contribution in [2.45, 2.75) is 0 Å². The zero-order valence-electron chi connectivity index (χ0n) is 11.5. The molecule has 0 unspecified atom stereocenters. The molecular formula is C17H12N2O3. The molecule has 0 heterocycles. The maximum Gasteiger partial charge on any atom is 0.269 e. The summed E-state index contributed by atoms with van der Waals surface area (Å²) in [5, 5.41) is 15.2. The van der Waals surface area contributed by atoms with Crippen LogP contribution >= 0.6 is 0 Å². The number of carbonyl (C=O) groups excluding carboxylic acids is 1. The summed E-state index contributed by atoms with van der Waals surface area (Å²) in [6.45, 7) is 0. The van der Waals surface area contributed by atoms with Crippen LogP contribution in [0.5, 0.6) is 0 Å². The van der Waals surface area contributed by atoms with Crippen molar-refractivity contribution in [3.8, 4) is 0 Å². The van der Waals surface area contributed by atoms with Crippen LogP contribution in [-0.4, -0.2) is 10.8 Å². The van der Waals surface area contributed by atoms with Gasteiger partial charge in [-0.05, 0) is 29.0 Å². The summed E-state index contributed by atoms with van der Waals surface area (Å²) >= 11 is 0. The first-order valence-electron chi connectivity index (χ1n) is 6.69. The van der Waals surface area contributed by atoms with Gasteiger partial charge in [0.1, 0.15) is 0 Å². The van der Waals surface area contributed by atoms with E-state index in [0.717, 1.165) is 10.8 Å².